The molecule has 0 atom stereocenters. The number of hydrogen-bond acceptors (Lipinski definition) is 3. The predicted molar refractivity (Wildman–Crippen MR) is 67.9 cm³/mol. The number of thiophene rings is 1. The fraction of sp³-hybridized carbons (Fsp3) is 0.333. The van der Waals surface area contributed by atoms with E-state index in [1.807, 2.05) is 22.2 Å². The third-order valence-electron chi connectivity index (χ3n) is 2.43. The summed E-state index contributed by atoms with van der Waals surface area (Å²) in [6.45, 7) is 1.42. The van der Waals surface area contributed by atoms with Gasteiger partial charge in [-0.3, -0.25) is 4.79 Å². The van der Waals surface area contributed by atoms with Crippen LogP contribution in [0.4, 0.5) is 0 Å². The highest BCUT2D eigenvalue weighted by Gasteiger charge is 2.02. The van der Waals surface area contributed by atoms with Crippen LogP contribution in [0.5, 0.6) is 0 Å². The summed E-state index contributed by atoms with van der Waals surface area (Å²) >= 11 is 1.69. The summed E-state index contributed by atoms with van der Waals surface area (Å²) in [7, 11) is 0. The summed E-state index contributed by atoms with van der Waals surface area (Å²) in [6, 6.07) is 4.07. The van der Waals surface area contributed by atoms with Gasteiger partial charge in [0.2, 0.25) is 5.91 Å². The second-order valence-corrected chi connectivity index (χ2v) is 4.76. The van der Waals surface area contributed by atoms with E-state index in [9.17, 15) is 4.79 Å². The van der Waals surface area contributed by atoms with Crippen LogP contribution in [0.25, 0.3) is 0 Å². The van der Waals surface area contributed by atoms with E-state index in [2.05, 4.69) is 16.4 Å². The fourth-order valence-corrected chi connectivity index (χ4v) is 2.23. The van der Waals surface area contributed by atoms with E-state index in [1.54, 1.807) is 23.9 Å². The average Bonchev–Trinajstić information content (AvgIpc) is 2.99. The van der Waals surface area contributed by atoms with Crippen LogP contribution in [-0.2, 0) is 17.8 Å². The Morgan fingerprint density at radius 2 is 2.47 bits per heavy atom. The number of nitrogens with one attached hydrogen (secondary N) is 1. The van der Waals surface area contributed by atoms with E-state index in [1.165, 1.54) is 4.88 Å². The first-order valence-electron chi connectivity index (χ1n) is 5.59. The fourth-order valence-electron chi connectivity index (χ4n) is 1.52. The molecule has 17 heavy (non-hydrogen) atoms. The van der Waals surface area contributed by atoms with Crippen molar-refractivity contribution in [2.75, 3.05) is 6.54 Å². The van der Waals surface area contributed by atoms with Gasteiger partial charge in [-0.15, -0.1) is 11.3 Å². The smallest absolute Gasteiger partial charge is 0.220 e. The highest BCUT2D eigenvalue weighted by Crippen LogP contribution is 2.10. The lowest BCUT2D eigenvalue weighted by molar-refractivity contribution is -0.121. The molecule has 4 nitrogen and oxygen atoms in total. The van der Waals surface area contributed by atoms with Crippen molar-refractivity contribution >= 4 is 17.2 Å². The summed E-state index contributed by atoms with van der Waals surface area (Å²) < 4.78 is 1.94. The number of hydrogen-bond donors (Lipinski definition) is 1. The van der Waals surface area contributed by atoms with Crippen molar-refractivity contribution in [2.24, 2.45) is 0 Å². The van der Waals surface area contributed by atoms with Gasteiger partial charge < -0.3 is 9.88 Å². The zero-order valence-corrected chi connectivity index (χ0v) is 10.3. The SMILES string of the molecule is O=C(CCc1cccs1)NCCn1ccnc1. The molecule has 0 saturated heterocycles. The first-order chi connectivity index (χ1) is 8.34. The average molecular weight is 249 g/mol. The molecule has 90 valence electrons. The van der Waals surface area contributed by atoms with Crippen molar-refractivity contribution in [3.8, 4) is 0 Å². The monoisotopic (exact) mass is 249 g/mol. The molecule has 1 N–H and O–H groups in total. The lowest BCUT2D eigenvalue weighted by Gasteiger charge is -2.05. The minimum atomic E-state index is 0.110. The number of carbonyl (C=O) groups excluding carboxylic acids is 1. The van der Waals surface area contributed by atoms with Crippen LogP contribution in [-0.4, -0.2) is 22.0 Å². The summed E-state index contributed by atoms with van der Waals surface area (Å²) in [5.41, 5.74) is 0. The van der Waals surface area contributed by atoms with E-state index in [0.29, 0.717) is 13.0 Å². The van der Waals surface area contributed by atoms with Gasteiger partial charge in [0.25, 0.3) is 0 Å². The Morgan fingerprint density at radius 3 is 3.18 bits per heavy atom. The summed E-state index contributed by atoms with van der Waals surface area (Å²) in [5.74, 6) is 0.110. The molecule has 2 heterocycles. The molecule has 0 fully saturated rings. The van der Waals surface area contributed by atoms with Gasteiger partial charge in [-0.2, -0.15) is 0 Å². The molecule has 0 spiro atoms. The van der Waals surface area contributed by atoms with Gasteiger partial charge in [0, 0.05) is 36.8 Å². The van der Waals surface area contributed by atoms with Gasteiger partial charge in [-0.1, -0.05) is 6.07 Å². The Morgan fingerprint density at radius 1 is 1.53 bits per heavy atom. The Labute approximate surface area is 104 Å². The van der Waals surface area contributed by atoms with Crippen LogP contribution in [0, 0.1) is 0 Å². The van der Waals surface area contributed by atoms with E-state index in [0.717, 1.165) is 13.0 Å². The van der Waals surface area contributed by atoms with Crippen molar-refractivity contribution in [2.45, 2.75) is 19.4 Å². The molecular formula is C12H15N3OS. The maximum atomic E-state index is 11.5. The minimum Gasteiger partial charge on any atom is -0.354 e. The van der Waals surface area contributed by atoms with E-state index < -0.39 is 0 Å². The Hall–Kier alpha value is -1.62. The molecule has 2 aromatic rings. The molecular weight excluding hydrogens is 234 g/mol. The van der Waals surface area contributed by atoms with Crippen molar-refractivity contribution < 1.29 is 4.79 Å². The molecule has 0 radical (unpaired) electrons. The second kappa shape index (κ2) is 6.20. The number of nitrogens with zero attached hydrogens (tertiary/aromatic N) is 2. The van der Waals surface area contributed by atoms with Crippen LogP contribution in [0.2, 0.25) is 0 Å². The summed E-state index contributed by atoms with van der Waals surface area (Å²) in [4.78, 5) is 16.7. The van der Waals surface area contributed by atoms with Gasteiger partial charge in [0.05, 0.1) is 6.33 Å². The topological polar surface area (TPSA) is 46.9 Å². The van der Waals surface area contributed by atoms with Gasteiger partial charge in [-0.25, -0.2) is 4.98 Å². The van der Waals surface area contributed by atoms with Crippen molar-refractivity contribution in [1.29, 1.82) is 0 Å². The molecule has 0 saturated carbocycles. The molecule has 0 aliphatic heterocycles. The van der Waals surface area contributed by atoms with Crippen LogP contribution < -0.4 is 5.32 Å². The van der Waals surface area contributed by atoms with Gasteiger partial charge in [0.1, 0.15) is 0 Å². The molecule has 0 aromatic carbocycles. The highest BCUT2D eigenvalue weighted by atomic mass is 32.1. The third-order valence-corrected chi connectivity index (χ3v) is 3.37. The van der Waals surface area contributed by atoms with Crippen LogP contribution in [0.3, 0.4) is 0 Å². The maximum Gasteiger partial charge on any atom is 0.220 e. The lowest BCUT2D eigenvalue weighted by Crippen LogP contribution is -2.27. The standard InChI is InChI=1S/C12H15N3OS/c16-12(4-3-11-2-1-9-17-11)14-6-8-15-7-5-13-10-15/h1-2,5,7,9-10H,3-4,6,8H2,(H,14,16). The van der Waals surface area contributed by atoms with Crippen LogP contribution >= 0.6 is 11.3 Å². The summed E-state index contributed by atoms with van der Waals surface area (Å²) in [5, 5.41) is 4.93. The highest BCUT2D eigenvalue weighted by molar-refractivity contribution is 7.09. The second-order valence-electron chi connectivity index (χ2n) is 3.73. The first kappa shape index (κ1) is 11.9. The van der Waals surface area contributed by atoms with Gasteiger partial charge in [-0.05, 0) is 17.9 Å². The van der Waals surface area contributed by atoms with Gasteiger partial charge in [0.15, 0.2) is 0 Å². The van der Waals surface area contributed by atoms with E-state index >= 15 is 0 Å². The molecule has 0 bridgehead atoms. The molecule has 0 aliphatic rings. The quantitative estimate of drug-likeness (QED) is 0.847. The molecule has 0 unspecified atom stereocenters. The van der Waals surface area contributed by atoms with E-state index in [-0.39, 0.29) is 5.91 Å². The molecule has 2 aromatic heterocycles. The number of aryl methyl sites for hydroxylation is 1. The number of rotatable bonds is 6. The lowest BCUT2D eigenvalue weighted by atomic mass is 10.2. The number of imidazole rings is 1. The predicted octanol–water partition coefficient (Wildman–Crippen LogP) is 1.69. The molecule has 0 aliphatic carbocycles. The zero-order chi connectivity index (χ0) is 11.9. The minimum absolute atomic E-state index is 0.110. The first-order valence-corrected chi connectivity index (χ1v) is 6.47. The maximum absolute atomic E-state index is 11.5. The zero-order valence-electron chi connectivity index (χ0n) is 9.50. The van der Waals surface area contributed by atoms with Crippen molar-refractivity contribution in [3.05, 3.63) is 41.1 Å². The molecule has 2 rings (SSSR count). The Balaban J connectivity index is 1.61. The van der Waals surface area contributed by atoms with Crippen molar-refractivity contribution in [3.63, 3.8) is 0 Å². The number of carbonyl (C=O) groups is 1. The third kappa shape index (κ3) is 4.03. The van der Waals surface area contributed by atoms with Crippen LogP contribution in [0.15, 0.2) is 36.2 Å². The van der Waals surface area contributed by atoms with Crippen molar-refractivity contribution in [1.82, 2.24) is 14.9 Å². The normalized spacial score (nSPS) is 10.4. The summed E-state index contributed by atoms with van der Waals surface area (Å²) in [6.07, 6.45) is 6.76. The Kier molecular flexibility index (Phi) is 4.32. The van der Waals surface area contributed by atoms with Gasteiger partial charge >= 0.3 is 0 Å². The Bertz CT molecular complexity index is 436. The molecule has 5 heteroatoms. The largest absolute Gasteiger partial charge is 0.354 e. The van der Waals surface area contributed by atoms with E-state index in [4.69, 9.17) is 0 Å². The number of amides is 1. The molecule has 1 amide bonds. The number of aromatic nitrogens is 2. The van der Waals surface area contributed by atoms with Crippen LogP contribution in [0.1, 0.15) is 11.3 Å².